The number of hydrogen-bond acceptors (Lipinski definition) is 4. The average Bonchev–Trinajstić information content (AvgIpc) is 2.25. The van der Waals surface area contributed by atoms with Crippen LogP contribution in [0.1, 0.15) is 11.1 Å². The SMILES string of the molecule is O=S(=O)(O)C1=C[CH]c2cc(S(=O)(=O)O)ccc2C1. The van der Waals surface area contributed by atoms with Gasteiger partial charge in [0.15, 0.2) is 0 Å². The van der Waals surface area contributed by atoms with Crippen molar-refractivity contribution < 1.29 is 25.9 Å². The zero-order chi connectivity index (χ0) is 13.6. The number of allylic oxidation sites excluding steroid dienone is 2. The van der Waals surface area contributed by atoms with Crippen LogP contribution in [0.5, 0.6) is 0 Å². The monoisotopic (exact) mass is 289 g/mol. The largest absolute Gasteiger partial charge is 0.294 e. The first-order valence-electron chi connectivity index (χ1n) is 4.80. The zero-order valence-corrected chi connectivity index (χ0v) is 10.6. The summed E-state index contributed by atoms with van der Waals surface area (Å²) in [6, 6.07) is 3.81. The Morgan fingerprint density at radius 2 is 1.67 bits per heavy atom. The van der Waals surface area contributed by atoms with E-state index in [2.05, 4.69) is 0 Å². The van der Waals surface area contributed by atoms with Gasteiger partial charge in [0, 0.05) is 12.8 Å². The third-order valence-corrected chi connectivity index (χ3v) is 4.35. The lowest BCUT2D eigenvalue weighted by atomic mass is 9.97. The van der Waals surface area contributed by atoms with Crippen molar-refractivity contribution in [2.75, 3.05) is 0 Å². The molecule has 2 N–H and O–H groups in total. The minimum Gasteiger partial charge on any atom is -0.282 e. The van der Waals surface area contributed by atoms with Crippen LogP contribution in [-0.4, -0.2) is 25.9 Å². The Bertz CT molecular complexity index is 728. The lowest BCUT2D eigenvalue weighted by molar-refractivity contribution is 0.482. The predicted octanol–water partition coefficient (Wildman–Crippen LogP) is 0.813. The fourth-order valence-corrected chi connectivity index (χ4v) is 2.75. The van der Waals surface area contributed by atoms with Gasteiger partial charge in [-0.2, -0.15) is 16.8 Å². The van der Waals surface area contributed by atoms with E-state index in [1.54, 1.807) is 0 Å². The third kappa shape index (κ3) is 2.61. The Balaban J connectivity index is 2.44. The lowest BCUT2D eigenvalue weighted by Crippen LogP contribution is -2.11. The van der Waals surface area contributed by atoms with E-state index in [1.807, 2.05) is 0 Å². The van der Waals surface area contributed by atoms with Crippen LogP contribution in [0.4, 0.5) is 0 Å². The highest BCUT2D eigenvalue weighted by molar-refractivity contribution is 7.89. The van der Waals surface area contributed by atoms with E-state index in [0.29, 0.717) is 11.1 Å². The van der Waals surface area contributed by atoms with Crippen molar-refractivity contribution in [3.8, 4) is 0 Å². The smallest absolute Gasteiger partial charge is 0.282 e. The first-order chi connectivity index (χ1) is 8.18. The first-order valence-corrected chi connectivity index (χ1v) is 7.68. The Labute approximate surface area is 104 Å². The molecule has 1 aliphatic rings. The molecule has 0 saturated heterocycles. The Morgan fingerprint density at radius 1 is 1.00 bits per heavy atom. The topological polar surface area (TPSA) is 109 Å². The number of rotatable bonds is 2. The molecular weight excluding hydrogens is 280 g/mol. The summed E-state index contributed by atoms with van der Waals surface area (Å²) in [6.45, 7) is 0. The van der Waals surface area contributed by atoms with Crippen LogP contribution in [0.2, 0.25) is 0 Å². The molecule has 0 saturated carbocycles. The highest BCUT2D eigenvalue weighted by Crippen LogP contribution is 2.27. The summed E-state index contributed by atoms with van der Waals surface area (Å²) in [7, 11) is -8.53. The summed E-state index contributed by atoms with van der Waals surface area (Å²) >= 11 is 0. The molecule has 0 atom stereocenters. The van der Waals surface area contributed by atoms with Gasteiger partial charge in [-0.1, -0.05) is 12.1 Å². The third-order valence-electron chi connectivity index (χ3n) is 2.56. The molecule has 1 aliphatic carbocycles. The molecule has 0 amide bonds. The summed E-state index contributed by atoms with van der Waals surface area (Å²) in [6.07, 6.45) is 2.55. The summed E-state index contributed by atoms with van der Waals surface area (Å²) in [5.41, 5.74) is 1.04. The van der Waals surface area contributed by atoms with Crippen molar-refractivity contribution in [1.29, 1.82) is 0 Å². The number of benzene rings is 1. The van der Waals surface area contributed by atoms with Gasteiger partial charge in [-0.15, -0.1) is 0 Å². The first kappa shape index (κ1) is 13.2. The van der Waals surface area contributed by atoms with Gasteiger partial charge in [0.25, 0.3) is 20.2 Å². The van der Waals surface area contributed by atoms with Crippen molar-refractivity contribution in [3.63, 3.8) is 0 Å². The predicted molar refractivity (Wildman–Crippen MR) is 63.0 cm³/mol. The molecule has 0 aromatic heterocycles. The van der Waals surface area contributed by atoms with E-state index in [9.17, 15) is 16.8 Å². The summed E-state index contributed by atoms with van der Waals surface area (Å²) < 4.78 is 61.6. The second kappa shape index (κ2) is 4.16. The highest BCUT2D eigenvalue weighted by Gasteiger charge is 2.21. The van der Waals surface area contributed by atoms with Crippen molar-refractivity contribution in [2.24, 2.45) is 0 Å². The van der Waals surface area contributed by atoms with E-state index in [-0.39, 0.29) is 16.2 Å². The maximum atomic E-state index is 11.0. The van der Waals surface area contributed by atoms with Crippen LogP contribution in [0.15, 0.2) is 34.1 Å². The summed E-state index contributed by atoms with van der Waals surface area (Å²) in [5, 5.41) is 0. The molecule has 0 heterocycles. The van der Waals surface area contributed by atoms with Gasteiger partial charge >= 0.3 is 0 Å². The van der Waals surface area contributed by atoms with Gasteiger partial charge in [-0.3, -0.25) is 9.11 Å². The molecule has 0 unspecified atom stereocenters. The molecule has 97 valence electrons. The van der Waals surface area contributed by atoms with Crippen molar-refractivity contribution in [3.05, 3.63) is 46.7 Å². The van der Waals surface area contributed by atoms with Crippen molar-refractivity contribution >= 4 is 20.2 Å². The lowest BCUT2D eigenvalue weighted by Gasteiger charge is -2.15. The maximum absolute atomic E-state index is 11.0. The highest BCUT2D eigenvalue weighted by atomic mass is 32.2. The maximum Gasteiger partial charge on any atom is 0.294 e. The fraction of sp³-hybridized carbons (Fsp3) is 0.100. The van der Waals surface area contributed by atoms with Crippen LogP contribution in [0.25, 0.3) is 0 Å². The zero-order valence-electron chi connectivity index (χ0n) is 8.94. The van der Waals surface area contributed by atoms with E-state index in [0.717, 1.165) is 0 Å². The van der Waals surface area contributed by atoms with Crippen LogP contribution in [-0.2, 0) is 26.7 Å². The molecule has 6 nitrogen and oxygen atoms in total. The molecule has 8 heteroatoms. The molecule has 1 aromatic carbocycles. The number of hydrogen-bond donors (Lipinski definition) is 2. The van der Waals surface area contributed by atoms with Crippen LogP contribution >= 0.6 is 0 Å². The quantitative estimate of drug-likeness (QED) is 0.780. The van der Waals surface area contributed by atoms with E-state index < -0.39 is 20.2 Å². The second-order valence-electron chi connectivity index (χ2n) is 3.79. The van der Waals surface area contributed by atoms with Gasteiger partial charge < -0.3 is 0 Å². The van der Waals surface area contributed by atoms with E-state index >= 15 is 0 Å². The Kier molecular flexibility index (Phi) is 3.06. The molecule has 2 rings (SSSR count). The molecule has 18 heavy (non-hydrogen) atoms. The molecular formula is C10H9O6S2. The van der Waals surface area contributed by atoms with Gasteiger partial charge in [0.2, 0.25) is 0 Å². The van der Waals surface area contributed by atoms with Crippen LogP contribution in [0, 0.1) is 6.42 Å². The van der Waals surface area contributed by atoms with Gasteiger partial charge in [0.1, 0.15) is 0 Å². The van der Waals surface area contributed by atoms with Crippen molar-refractivity contribution in [2.45, 2.75) is 11.3 Å². The molecule has 0 aliphatic heterocycles. The van der Waals surface area contributed by atoms with E-state index in [1.165, 1.54) is 30.7 Å². The molecule has 1 radical (unpaired) electrons. The Hall–Kier alpha value is -1.22. The molecule has 0 spiro atoms. The summed E-state index contributed by atoms with van der Waals surface area (Å²) in [4.78, 5) is -0.421. The van der Waals surface area contributed by atoms with Gasteiger partial charge in [-0.05, 0) is 23.3 Å². The minimum atomic E-state index is -4.29. The normalized spacial score (nSPS) is 16.0. The van der Waals surface area contributed by atoms with Gasteiger partial charge in [-0.25, -0.2) is 0 Å². The standard InChI is InChI=1S/C10H9O6S2/c11-17(12,13)9-3-1-7-5-10(18(14,15)16)4-2-8(7)6-9/h1-5H,6H2,(H,11,12,13)(H,14,15,16). The summed E-state index contributed by atoms with van der Waals surface area (Å²) in [5.74, 6) is 0. The molecule has 1 aromatic rings. The van der Waals surface area contributed by atoms with Gasteiger partial charge in [0.05, 0.1) is 9.80 Å². The Morgan fingerprint density at radius 3 is 2.22 bits per heavy atom. The number of fused-ring (bicyclic) bond motifs is 1. The van der Waals surface area contributed by atoms with Crippen LogP contribution < -0.4 is 0 Å². The minimum absolute atomic E-state index is 0.0174. The second-order valence-corrected chi connectivity index (χ2v) is 6.68. The molecule has 0 fully saturated rings. The molecule has 0 bridgehead atoms. The van der Waals surface area contributed by atoms with Crippen molar-refractivity contribution in [1.82, 2.24) is 0 Å². The fourth-order valence-electron chi connectivity index (χ4n) is 1.66. The average molecular weight is 289 g/mol. The van der Waals surface area contributed by atoms with Crippen LogP contribution in [0.3, 0.4) is 0 Å². The van der Waals surface area contributed by atoms with E-state index in [4.69, 9.17) is 9.11 Å².